The number of rotatable bonds is 1. The Kier molecular flexibility index (Phi) is 2.29. The van der Waals surface area contributed by atoms with Crippen LogP contribution in [-0.2, 0) is 15.7 Å². The summed E-state index contributed by atoms with van der Waals surface area (Å²) in [6.45, 7) is 1.39. The molecule has 2 aliphatic rings. The van der Waals surface area contributed by atoms with Crippen molar-refractivity contribution < 1.29 is 9.31 Å². The van der Waals surface area contributed by atoms with Crippen LogP contribution < -0.4 is 5.46 Å². The van der Waals surface area contributed by atoms with Gasteiger partial charge in [0.15, 0.2) is 0 Å². The molecule has 1 heterocycles. The van der Waals surface area contributed by atoms with Gasteiger partial charge in [0.05, 0.1) is 13.2 Å². The van der Waals surface area contributed by atoms with Gasteiger partial charge in [0.1, 0.15) is 0 Å². The van der Waals surface area contributed by atoms with Gasteiger partial charge in [0.25, 0.3) is 0 Å². The lowest BCUT2D eigenvalue weighted by atomic mass is 9.78. The molecule has 1 fully saturated rings. The van der Waals surface area contributed by atoms with Gasteiger partial charge in [-0.25, -0.2) is 0 Å². The van der Waals surface area contributed by atoms with Crippen LogP contribution in [0.1, 0.15) is 11.1 Å². The van der Waals surface area contributed by atoms with Crippen molar-refractivity contribution in [2.75, 3.05) is 13.2 Å². The molecular weight excluding hydrogens is 223 g/mol. The maximum Gasteiger partial charge on any atom is 0.494 e. The molecule has 0 aromatic heterocycles. The molecular formula is C15H13BO2. The molecule has 88 valence electrons. The van der Waals surface area contributed by atoms with Crippen LogP contribution >= 0.6 is 0 Å². The van der Waals surface area contributed by atoms with E-state index in [2.05, 4.69) is 42.5 Å². The van der Waals surface area contributed by atoms with E-state index in [1.165, 1.54) is 22.3 Å². The highest BCUT2D eigenvalue weighted by molar-refractivity contribution is 6.61. The highest BCUT2D eigenvalue weighted by Gasteiger charge is 2.28. The molecule has 0 unspecified atom stereocenters. The molecule has 1 saturated heterocycles. The minimum atomic E-state index is -0.168. The second-order valence-corrected chi connectivity index (χ2v) is 4.82. The van der Waals surface area contributed by atoms with Gasteiger partial charge >= 0.3 is 7.12 Å². The van der Waals surface area contributed by atoms with Crippen molar-refractivity contribution in [3.05, 3.63) is 53.6 Å². The first-order chi connectivity index (χ1) is 8.92. The van der Waals surface area contributed by atoms with Gasteiger partial charge in [-0.05, 0) is 34.1 Å². The first kappa shape index (κ1) is 10.4. The van der Waals surface area contributed by atoms with Crippen molar-refractivity contribution in [1.29, 1.82) is 0 Å². The van der Waals surface area contributed by atoms with Gasteiger partial charge in [-0.1, -0.05) is 42.5 Å². The standard InChI is InChI=1S/C15H13BO2/c1-2-4-14-11(3-1)9-12-10-13(5-6-15(12)14)16-17-7-8-18-16/h1-6,10H,7-9H2. The maximum absolute atomic E-state index is 5.55. The second kappa shape index (κ2) is 3.97. The molecule has 1 aliphatic heterocycles. The van der Waals surface area contributed by atoms with Gasteiger partial charge in [0.2, 0.25) is 0 Å². The molecule has 2 aromatic rings. The van der Waals surface area contributed by atoms with E-state index in [-0.39, 0.29) is 7.12 Å². The van der Waals surface area contributed by atoms with Gasteiger partial charge in [-0.3, -0.25) is 0 Å². The summed E-state index contributed by atoms with van der Waals surface area (Å²) in [5.41, 5.74) is 6.66. The van der Waals surface area contributed by atoms with E-state index in [1.54, 1.807) is 0 Å². The molecule has 18 heavy (non-hydrogen) atoms. The molecule has 0 amide bonds. The van der Waals surface area contributed by atoms with Crippen molar-refractivity contribution >= 4 is 12.6 Å². The smallest absolute Gasteiger partial charge is 0.405 e. The van der Waals surface area contributed by atoms with Gasteiger partial charge in [0, 0.05) is 0 Å². The van der Waals surface area contributed by atoms with Gasteiger partial charge in [-0.2, -0.15) is 0 Å². The van der Waals surface area contributed by atoms with Crippen LogP contribution in [0.3, 0.4) is 0 Å². The third-order valence-electron chi connectivity index (χ3n) is 3.71. The molecule has 0 radical (unpaired) electrons. The Morgan fingerprint density at radius 3 is 2.50 bits per heavy atom. The van der Waals surface area contributed by atoms with E-state index in [0.717, 1.165) is 11.9 Å². The van der Waals surface area contributed by atoms with Crippen LogP contribution in [-0.4, -0.2) is 20.3 Å². The SMILES string of the molecule is c1ccc2c(c1)Cc1cc(B3OCCO3)ccc1-2. The Morgan fingerprint density at radius 2 is 1.61 bits per heavy atom. The summed E-state index contributed by atoms with van der Waals surface area (Å²) in [6, 6.07) is 15.2. The zero-order valence-corrected chi connectivity index (χ0v) is 10.1. The van der Waals surface area contributed by atoms with Crippen molar-refractivity contribution in [2.24, 2.45) is 0 Å². The molecule has 1 aliphatic carbocycles. The summed E-state index contributed by atoms with van der Waals surface area (Å²) < 4.78 is 11.1. The largest absolute Gasteiger partial charge is 0.494 e. The Bertz CT molecular complexity index is 603. The lowest BCUT2D eigenvalue weighted by Gasteiger charge is -2.07. The minimum Gasteiger partial charge on any atom is -0.405 e. The topological polar surface area (TPSA) is 18.5 Å². The van der Waals surface area contributed by atoms with Crippen molar-refractivity contribution in [2.45, 2.75) is 6.42 Å². The Hall–Kier alpha value is -1.58. The number of hydrogen-bond acceptors (Lipinski definition) is 2. The highest BCUT2D eigenvalue weighted by atomic mass is 16.6. The summed E-state index contributed by atoms with van der Waals surface area (Å²) in [6.07, 6.45) is 1.02. The van der Waals surface area contributed by atoms with Crippen LogP contribution in [0.2, 0.25) is 0 Å². The zero-order chi connectivity index (χ0) is 11.9. The summed E-state index contributed by atoms with van der Waals surface area (Å²) in [7, 11) is -0.168. The Labute approximate surface area is 107 Å². The van der Waals surface area contributed by atoms with Crippen LogP contribution in [0.5, 0.6) is 0 Å². The van der Waals surface area contributed by atoms with Crippen molar-refractivity contribution in [3.63, 3.8) is 0 Å². The molecule has 4 rings (SSSR count). The van der Waals surface area contributed by atoms with E-state index in [9.17, 15) is 0 Å². The normalized spacial score (nSPS) is 16.8. The lowest BCUT2D eigenvalue weighted by Crippen LogP contribution is -2.31. The quantitative estimate of drug-likeness (QED) is 0.601. The molecule has 0 N–H and O–H groups in total. The third kappa shape index (κ3) is 1.52. The molecule has 0 bridgehead atoms. The van der Waals surface area contributed by atoms with E-state index >= 15 is 0 Å². The predicted molar refractivity (Wildman–Crippen MR) is 72.0 cm³/mol. The van der Waals surface area contributed by atoms with E-state index in [4.69, 9.17) is 9.31 Å². The maximum atomic E-state index is 5.55. The van der Waals surface area contributed by atoms with Crippen LogP contribution in [0.15, 0.2) is 42.5 Å². The number of benzene rings is 2. The average molecular weight is 236 g/mol. The van der Waals surface area contributed by atoms with Crippen LogP contribution in [0, 0.1) is 0 Å². The first-order valence-corrected chi connectivity index (χ1v) is 6.36. The first-order valence-electron chi connectivity index (χ1n) is 6.36. The summed E-state index contributed by atoms with van der Waals surface area (Å²) >= 11 is 0. The molecule has 0 spiro atoms. The third-order valence-corrected chi connectivity index (χ3v) is 3.71. The highest BCUT2D eigenvalue weighted by Crippen LogP contribution is 2.35. The predicted octanol–water partition coefficient (Wildman–Crippen LogP) is 2.00. The molecule has 2 aromatic carbocycles. The second-order valence-electron chi connectivity index (χ2n) is 4.82. The summed E-state index contributed by atoms with van der Waals surface area (Å²) in [5.74, 6) is 0. The van der Waals surface area contributed by atoms with Crippen molar-refractivity contribution in [1.82, 2.24) is 0 Å². The summed E-state index contributed by atoms with van der Waals surface area (Å²) in [5, 5.41) is 0. The van der Waals surface area contributed by atoms with Gasteiger partial charge in [-0.15, -0.1) is 0 Å². The monoisotopic (exact) mass is 236 g/mol. The van der Waals surface area contributed by atoms with E-state index in [1.807, 2.05) is 0 Å². The molecule has 2 nitrogen and oxygen atoms in total. The zero-order valence-electron chi connectivity index (χ0n) is 10.1. The van der Waals surface area contributed by atoms with Crippen LogP contribution in [0.4, 0.5) is 0 Å². The summed E-state index contributed by atoms with van der Waals surface area (Å²) in [4.78, 5) is 0. The number of fused-ring (bicyclic) bond motifs is 3. The average Bonchev–Trinajstić information content (AvgIpc) is 3.05. The fraction of sp³-hybridized carbons (Fsp3) is 0.200. The van der Waals surface area contributed by atoms with Crippen molar-refractivity contribution in [3.8, 4) is 11.1 Å². The van der Waals surface area contributed by atoms with E-state index in [0.29, 0.717) is 13.2 Å². The number of hydrogen-bond donors (Lipinski definition) is 0. The minimum absolute atomic E-state index is 0.168. The molecule has 3 heteroatoms. The fourth-order valence-corrected chi connectivity index (χ4v) is 2.86. The molecule has 0 atom stereocenters. The van der Waals surface area contributed by atoms with Gasteiger partial charge < -0.3 is 9.31 Å². The van der Waals surface area contributed by atoms with Crippen LogP contribution in [0.25, 0.3) is 11.1 Å². The molecule has 0 saturated carbocycles. The van der Waals surface area contributed by atoms with E-state index < -0.39 is 0 Å². The lowest BCUT2D eigenvalue weighted by molar-refractivity contribution is 0.365. The Balaban J connectivity index is 1.76. The Morgan fingerprint density at radius 1 is 0.833 bits per heavy atom. The fourth-order valence-electron chi connectivity index (χ4n) is 2.86.